The van der Waals surface area contributed by atoms with Gasteiger partial charge >= 0.3 is 0 Å². The van der Waals surface area contributed by atoms with E-state index in [2.05, 4.69) is 205 Å². The van der Waals surface area contributed by atoms with Crippen molar-refractivity contribution in [3.63, 3.8) is 0 Å². The van der Waals surface area contributed by atoms with Crippen LogP contribution in [-0.2, 0) is 5.41 Å². The van der Waals surface area contributed by atoms with E-state index in [-0.39, 0.29) is 5.41 Å². The van der Waals surface area contributed by atoms with Crippen LogP contribution in [0.2, 0.25) is 0 Å². The van der Waals surface area contributed by atoms with E-state index in [1.165, 1.54) is 104 Å². The highest BCUT2D eigenvalue weighted by Gasteiger charge is 2.61. The maximum Gasteiger partial charge on any atom is 0.0540 e. The molecule has 0 unspecified atom stereocenters. The molecule has 0 radical (unpaired) electrons. The van der Waals surface area contributed by atoms with Crippen LogP contribution in [0, 0.1) is 23.7 Å². The van der Waals surface area contributed by atoms with E-state index in [1.54, 1.807) is 11.1 Å². The molecule has 5 aliphatic rings. The Bertz CT molecular complexity index is 3110. The van der Waals surface area contributed by atoms with E-state index in [0.29, 0.717) is 11.8 Å². The minimum atomic E-state index is 0.0560. The highest BCUT2D eigenvalue weighted by Crippen LogP contribution is 2.70. The van der Waals surface area contributed by atoms with Crippen molar-refractivity contribution in [3.05, 3.63) is 211 Å². The maximum atomic E-state index is 2.69. The average Bonchev–Trinajstić information content (AvgIpc) is 3.61. The number of hydrogen-bond donors (Lipinski definition) is 0. The molecule has 0 heterocycles. The summed E-state index contributed by atoms with van der Waals surface area (Å²) in [6, 6.07) is 75.3. The third-order valence-electron chi connectivity index (χ3n) is 15.4. The van der Waals surface area contributed by atoms with E-state index in [4.69, 9.17) is 0 Å². The first-order valence-corrected chi connectivity index (χ1v) is 22.5. The van der Waals surface area contributed by atoms with Crippen LogP contribution < -0.4 is 4.90 Å². The molecule has 1 nitrogen and oxygen atoms in total. The molecule has 0 aromatic heterocycles. The molecule has 1 spiro atoms. The van der Waals surface area contributed by atoms with Crippen LogP contribution >= 0.6 is 0 Å². The van der Waals surface area contributed by atoms with Gasteiger partial charge in [0, 0.05) is 22.2 Å². The van der Waals surface area contributed by atoms with E-state index in [9.17, 15) is 0 Å². The average molecular weight is 782 g/mol. The lowest BCUT2D eigenvalue weighted by atomic mass is 9.43. The van der Waals surface area contributed by atoms with Crippen molar-refractivity contribution in [2.24, 2.45) is 23.7 Å². The summed E-state index contributed by atoms with van der Waals surface area (Å²) in [6.45, 7) is 0. The van der Waals surface area contributed by atoms with Gasteiger partial charge in [0.2, 0.25) is 0 Å². The van der Waals surface area contributed by atoms with E-state index in [1.807, 2.05) is 0 Å². The molecule has 9 aromatic carbocycles. The van der Waals surface area contributed by atoms with Crippen LogP contribution in [0.25, 0.3) is 66.1 Å². The number of para-hydroxylation sites is 1. The second-order valence-electron chi connectivity index (χ2n) is 18.5. The Morgan fingerprint density at radius 1 is 0.361 bits per heavy atom. The van der Waals surface area contributed by atoms with Gasteiger partial charge in [-0.2, -0.15) is 0 Å². The molecule has 4 bridgehead atoms. The monoisotopic (exact) mass is 781 g/mol. The largest absolute Gasteiger partial charge is 0.310 e. The van der Waals surface area contributed by atoms with Gasteiger partial charge in [-0.1, -0.05) is 158 Å². The zero-order chi connectivity index (χ0) is 40.1. The molecular formula is C60H47N. The summed E-state index contributed by atoms with van der Waals surface area (Å²) in [5, 5.41) is 5.14. The quantitative estimate of drug-likeness (QED) is 0.162. The van der Waals surface area contributed by atoms with Crippen molar-refractivity contribution in [3.8, 4) is 44.5 Å². The molecular weight excluding hydrogens is 735 g/mol. The van der Waals surface area contributed by atoms with Gasteiger partial charge in [0.25, 0.3) is 0 Å². The summed E-state index contributed by atoms with van der Waals surface area (Å²) in [6.07, 6.45) is 6.93. The molecule has 61 heavy (non-hydrogen) atoms. The lowest BCUT2D eigenvalue weighted by Gasteiger charge is -2.61. The summed E-state index contributed by atoms with van der Waals surface area (Å²) < 4.78 is 0. The Balaban J connectivity index is 1.05. The van der Waals surface area contributed by atoms with Crippen molar-refractivity contribution < 1.29 is 0 Å². The van der Waals surface area contributed by atoms with Crippen LogP contribution in [0.4, 0.5) is 17.1 Å². The zero-order valence-corrected chi connectivity index (χ0v) is 34.3. The molecule has 292 valence electrons. The van der Waals surface area contributed by atoms with E-state index in [0.717, 1.165) is 23.2 Å². The third kappa shape index (κ3) is 5.26. The summed E-state index contributed by atoms with van der Waals surface area (Å²) in [4.78, 5) is 2.44. The summed E-state index contributed by atoms with van der Waals surface area (Å²) in [7, 11) is 0. The summed E-state index contributed by atoms with van der Waals surface area (Å²) >= 11 is 0. The SMILES string of the molecule is c1ccc(-c2ccc(N(c3ccccc3)c3ccc(-c4cc(-c5cccc6ccccc56)c5c(c4)C4(c6ccccc6-5)C5CC6CC(C5)CC4C6)c4ccccc34)cc2)cc1. The minimum absolute atomic E-state index is 0.0560. The van der Waals surface area contributed by atoms with Gasteiger partial charge < -0.3 is 4.90 Å². The van der Waals surface area contributed by atoms with Crippen molar-refractivity contribution in [1.82, 2.24) is 0 Å². The van der Waals surface area contributed by atoms with E-state index < -0.39 is 0 Å². The number of anilines is 3. The first-order valence-electron chi connectivity index (χ1n) is 22.5. The fourth-order valence-corrected chi connectivity index (χ4v) is 13.3. The van der Waals surface area contributed by atoms with Crippen molar-refractivity contribution in [2.75, 3.05) is 4.90 Å². The van der Waals surface area contributed by atoms with Crippen LogP contribution in [0.3, 0.4) is 0 Å². The minimum Gasteiger partial charge on any atom is -0.310 e. The van der Waals surface area contributed by atoms with E-state index >= 15 is 0 Å². The molecule has 0 amide bonds. The Morgan fingerprint density at radius 2 is 0.951 bits per heavy atom. The molecule has 5 aliphatic carbocycles. The summed E-state index contributed by atoms with van der Waals surface area (Å²) in [5.41, 5.74) is 17.5. The third-order valence-corrected chi connectivity index (χ3v) is 15.4. The van der Waals surface area contributed by atoms with Gasteiger partial charge in [-0.15, -0.1) is 0 Å². The molecule has 0 N–H and O–H groups in total. The molecule has 0 atom stereocenters. The Morgan fingerprint density at radius 3 is 1.72 bits per heavy atom. The standard InChI is InChI=1S/C60H47N/c1-3-14-41(15-4-1)42-26-28-48(29-27-42)61(47-18-5-2-6-19-47)58-31-30-50(51-21-9-10-22-53(51)58)44-37-55(52-24-13-17-43-16-7-8-20-49(43)52)59-54-23-11-12-25-56(54)60(57(59)38-44)45-33-39-32-40(35-45)36-46(60)34-39/h1-31,37-40,45-46H,32-36H2. The number of fused-ring (bicyclic) bond motifs is 5. The number of rotatable bonds is 6. The second-order valence-corrected chi connectivity index (χ2v) is 18.5. The molecule has 0 aliphatic heterocycles. The maximum absolute atomic E-state index is 2.69. The lowest BCUT2D eigenvalue weighted by Crippen LogP contribution is -2.55. The zero-order valence-electron chi connectivity index (χ0n) is 34.3. The van der Waals surface area contributed by atoms with Crippen LogP contribution in [0.5, 0.6) is 0 Å². The van der Waals surface area contributed by atoms with Gasteiger partial charge in [-0.05, 0) is 170 Å². The predicted octanol–water partition coefficient (Wildman–Crippen LogP) is 16.2. The molecule has 4 fully saturated rings. The highest BCUT2D eigenvalue weighted by atomic mass is 15.1. The number of nitrogens with zero attached hydrogens (tertiary/aromatic N) is 1. The first kappa shape index (κ1) is 35.1. The molecule has 4 saturated carbocycles. The fraction of sp³-hybridized carbons (Fsp3) is 0.167. The number of hydrogen-bond acceptors (Lipinski definition) is 1. The second kappa shape index (κ2) is 13.7. The van der Waals surface area contributed by atoms with Gasteiger partial charge in [0.1, 0.15) is 0 Å². The van der Waals surface area contributed by atoms with Gasteiger partial charge in [-0.25, -0.2) is 0 Å². The topological polar surface area (TPSA) is 3.24 Å². The Hall–Kier alpha value is -6.70. The van der Waals surface area contributed by atoms with Crippen LogP contribution in [0.1, 0.15) is 43.2 Å². The molecule has 1 heteroatoms. The molecule has 9 aromatic rings. The normalized spacial score (nSPS) is 21.8. The smallest absolute Gasteiger partial charge is 0.0540 e. The van der Waals surface area contributed by atoms with Crippen molar-refractivity contribution >= 4 is 38.6 Å². The summed E-state index contributed by atoms with van der Waals surface area (Å²) in [5.74, 6) is 3.16. The van der Waals surface area contributed by atoms with Crippen molar-refractivity contribution in [1.29, 1.82) is 0 Å². The van der Waals surface area contributed by atoms with Crippen LogP contribution in [-0.4, -0.2) is 0 Å². The number of benzene rings is 9. The van der Waals surface area contributed by atoms with Gasteiger partial charge in [0.15, 0.2) is 0 Å². The van der Waals surface area contributed by atoms with Crippen molar-refractivity contribution in [2.45, 2.75) is 37.5 Å². The predicted molar refractivity (Wildman–Crippen MR) is 256 cm³/mol. The molecule has 14 rings (SSSR count). The van der Waals surface area contributed by atoms with Gasteiger partial charge in [0.05, 0.1) is 5.69 Å². The Kier molecular flexibility index (Phi) is 7.86. The van der Waals surface area contributed by atoms with Crippen LogP contribution in [0.15, 0.2) is 200 Å². The lowest BCUT2D eigenvalue weighted by molar-refractivity contribution is -0.0399. The first-order chi connectivity index (χ1) is 30.2. The van der Waals surface area contributed by atoms with Gasteiger partial charge in [-0.3, -0.25) is 0 Å². The Labute approximate surface area is 359 Å². The highest BCUT2D eigenvalue weighted by molar-refractivity contribution is 6.09. The fourth-order valence-electron chi connectivity index (χ4n) is 13.3. The molecule has 0 saturated heterocycles.